The number of hydrogen-bond acceptors (Lipinski definition) is 1. The Morgan fingerprint density at radius 2 is 1.71 bits per heavy atom. The lowest BCUT2D eigenvalue weighted by molar-refractivity contribution is 0.315. The van der Waals surface area contributed by atoms with Crippen molar-refractivity contribution in [1.29, 1.82) is 0 Å². The number of hydrogen-bond donors (Lipinski definition) is 0. The highest BCUT2D eigenvalue weighted by Crippen LogP contribution is 2.26. The number of benzene rings is 2. The summed E-state index contributed by atoms with van der Waals surface area (Å²) in [4.78, 5) is 0. The van der Waals surface area contributed by atoms with E-state index in [0.717, 1.165) is 18.8 Å². The smallest absolute Gasteiger partial charge is 0.122 e. The van der Waals surface area contributed by atoms with Crippen molar-refractivity contribution in [2.24, 2.45) is 0 Å². The van der Waals surface area contributed by atoms with Crippen molar-refractivity contribution in [3.8, 4) is 16.9 Å². The molecule has 0 saturated carbocycles. The fraction of sp³-hybridized carbons (Fsp3) is 0.250. The summed E-state index contributed by atoms with van der Waals surface area (Å²) >= 11 is 0. The molecule has 0 amide bonds. The van der Waals surface area contributed by atoms with E-state index < -0.39 is 0 Å². The van der Waals surface area contributed by atoms with E-state index in [0.29, 0.717) is 0 Å². The molecule has 0 atom stereocenters. The fourth-order valence-electron chi connectivity index (χ4n) is 1.83. The van der Waals surface area contributed by atoms with Gasteiger partial charge in [0.15, 0.2) is 0 Å². The monoisotopic (exact) mass is 226 g/mol. The Balaban J connectivity index is 2.25. The van der Waals surface area contributed by atoms with Gasteiger partial charge in [-0.1, -0.05) is 43.3 Å². The number of aryl methyl sites for hydroxylation is 1. The fourth-order valence-corrected chi connectivity index (χ4v) is 1.83. The molecule has 2 aromatic carbocycles. The quantitative estimate of drug-likeness (QED) is 0.748. The standard InChI is InChI=1S/C16H18O/c1-3-11-17-16-10-9-15(12-13(16)2)14-7-5-4-6-8-14/h4-10,12H,3,11H2,1-2H3. The maximum atomic E-state index is 5.68. The molecule has 1 nitrogen and oxygen atoms in total. The van der Waals surface area contributed by atoms with Gasteiger partial charge in [0.05, 0.1) is 6.61 Å². The largest absolute Gasteiger partial charge is 0.493 e. The molecule has 88 valence electrons. The zero-order valence-electron chi connectivity index (χ0n) is 10.4. The molecule has 0 aliphatic carbocycles. The maximum absolute atomic E-state index is 5.68. The Labute approximate surface area is 103 Å². The van der Waals surface area contributed by atoms with Crippen molar-refractivity contribution in [3.05, 3.63) is 54.1 Å². The van der Waals surface area contributed by atoms with Gasteiger partial charge in [-0.05, 0) is 42.2 Å². The highest BCUT2D eigenvalue weighted by Gasteiger charge is 2.02. The Morgan fingerprint density at radius 3 is 2.35 bits per heavy atom. The summed E-state index contributed by atoms with van der Waals surface area (Å²) in [5.41, 5.74) is 3.68. The minimum Gasteiger partial charge on any atom is -0.493 e. The van der Waals surface area contributed by atoms with E-state index in [1.54, 1.807) is 0 Å². The molecule has 0 fully saturated rings. The highest BCUT2D eigenvalue weighted by molar-refractivity contribution is 5.65. The van der Waals surface area contributed by atoms with Crippen LogP contribution in [-0.2, 0) is 0 Å². The van der Waals surface area contributed by atoms with Crippen LogP contribution in [0.25, 0.3) is 11.1 Å². The predicted octanol–water partition coefficient (Wildman–Crippen LogP) is 4.45. The van der Waals surface area contributed by atoms with Gasteiger partial charge in [-0.2, -0.15) is 0 Å². The van der Waals surface area contributed by atoms with Gasteiger partial charge in [0.1, 0.15) is 5.75 Å². The van der Waals surface area contributed by atoms with E-state index in [1.165, 1.54) is 16.7 Å². The van der Waals surface area contributed by atoms with Crippen LogP contribution in [0.15, 0.2) is 48.5 Å². The van der Waals surface area contributed by atoms with Gasteiger partial charge < -0.3 is 4.74 Å². The van der Waals surface area contributed by atoms with E-state index in [-0.39, 0.29) is 0 Å². The Morgan fingerprint density at radius 1 is 0.941 bits per heavy atom. The molecule has 2 aromatic rings. The lowest BCUT2D eigenvalue weighted by Crippen LogP contribution is -1.96. The average molecular weight is 226 g/mol. The third kappa shape index (κ3) is 2.88. The Kier molecular flexibility index (Phi) is 3.81. The topological polar surface area (TPSA) is 9.23 Å². The van der Waals surface area contributed by atoms with Crippen LogP contribution >= 0.6 is 0 Å². The summed E-state index contributed by atoms with van der Waals surface area (Å²) in [7, 11) is 0. The van der Waals surface area contributed by atoms with Gasteiger partial charge in [-0.3, -0.25) is 0 Å². The molecule has 0 aliphatic heterocycles. The molecule has 0 aliphatic rings. The normalized spacial score (nSPS) is 10.2. The van der Waals surface area contributed by atoms with Crippen LogP contribution in [0.5, 0.6) is 5.75 Å². The Hall–Kier alpha value is -1.76. The van der Waals surface area contributed by atoms with Crippen molar-refractivity contribution in [2.45, 2.75) is 20.3 Å². The van der Waals surface area contributed by atoms with Crippen molar-refractivity contribution >= 4 is 0 Å². The molecule has 0 heterocycles. The molecule has 17 heavy (non-hydrogen) atoms. The number of rotatable bonds is 4. The van der Waals surface area contributed by atoms with Crippen LogP contribution in [0.2, 0.25) is 0 Å². The molecule has 2 rings (SSSR count). The summed E-state index contributed by atoms with van der Waals surface area (Å²) in [6.45, 7) is 5.00. The molecule has 0 bridgehead atoms. The second-order valence-electron chi connectivity index (χ2n) is 4.19. The van der Waals surface area contributed by atoms with Crippen LogP contribution in [-0.4, -0.2) is 6.61 Å². The molecule has 0 radical (unpaired) electrons. The molecule has 0 unspecified atom stereocenters. The molecule has 0 saturated heterocycles. The van der Waals surface area contributed by atoms with Crippen LogP contribution < -0.4 is 4.74 Å². The summed E-state index contributed by atoms with van der Waals surface area (Å²) in [5.74, 6) is 0.992. The summed E-state index contributed by atoms with van der Waals surface area (Å²) in [5, 5.41) is 0. The van der Waals surface area contributed by atoms with Gasteiger partial charge in [-0.25, -0.2) is 0 Å². The third-order valence-electron chi connectivity index (χ3n) is 2.74. The first kappa shape index (κ1) is 11.7. The zero-order chi connectivity index (χ0) is 12.1. The molecular formula is C16H18O. The second-order valence-corrected chi connectivity index (χ2v) is 4.19. The van der Waals surface area contributed by atoms with Gasteiger partial charge in [0.25, 0.3) is 0 Å². The minimum atomic E-state index is 0.783. The summed E-state index contributed by atoms with van der Waals surface area (Å²) in [6.07, 6.45) is 1.04. The third-order valence-corrected chi connectivity index (χ3v) is 2.74. The maximum Gasteiger partial charge on any atom is 0.122 e. The van der Waals surface area contributed by atoms with Gasteiger partial charge in [0.2, 0.25) is 0 Å². The molecule has 0 aromatic heterocycles. The van der Waals surface area contributed by atoms with Gasteiger partial charge in [-0.15, -0.1) is 0 Å². The first-order valence-corrected chi connectivity index (χ1v) is 6.10. The van der Waals surface area contributed by atoms with E-state index >= 15 is 0 Å². The molecule has 1 heteroatoms. The molecule has 0 N–H and O–H groups in total. The van der Waals surface area contributed by atoms with Crippen molar-refractivity contribution in [2.75, 3.05) is 6.61 Å². The van der Waals surface area contributed by atoms with Crippen LogP contribution in [0.1, 0.15) is 18.9 Å². The van der Waals surface area contributed by atoms with Crippen LogP contribution in [0.4, 0.5) is 0 Å². The first-order chi connectivity index (χ1) is 8.31. The first-order valence-electron chi connectivity index (χ1n) is 6.10. The average Bonchev–Trinajstić information content (AvgIpc) is 2.38. The van der Waals surface area contributed by atoms with E-state index in [1.807, 2.05) is 6.07 Å². The second kappa shape index (κ2) is 5.53. The van der Waals surface area contributed by atoms with E-state index in [2.05, 4.69) is 56.3 Å². The lowest BCUT2D eigenvalue weighted by atomic mass is 10.0. The van der Waals surface area contributed by atoms with Gasteiger partial charge in [0, 0.05) is 0 Å². The molecular weight excluding hydrogens is 208 g/mol. The van der Waals surface area contributed by atoms with Crippen molar-refractivity contribution < 1.29 is 4.74 Å². The Bertz CT molecular complexity index is 474. The lowest BCUT2D eigenvalue weighted by Gasteiger charge is -2.10. The summed E-state index contributed by atoms with van der Waals surface area (Å²) < 4.78 is 5.68. The van der Waals surface area contributed by atoms with E-state index in [9.17, 15) is 0 Å². The predicted molar refractivity (Wildman–Crippen MR) is 72.4 cm³/mol. The molecule has 0 spiro atoms. The van der Waals surface area contributed by atoms with E-state index in [4.69, 9.17) is 4.74 Å². The van der Waals surface area contributed by atoms with Crippen LogP contribution in [0.3, 0.4) is 0 Å². The highest BCUT2D eigenvalue weighted by atomic mass is 16.5. The summed E-state index contributed by atoms with van der Waals surface area (Å²) in [6, 6.07) is 16.8. The van der Waals surface area contributed by atoms with Crippen molar-refractivity contribution in [1.82, 2.24) is 0 Å². The zero-order valence-corrected chi connectivity index (χ0v) is 10.4. The SMILES string of the molecule is CCCOc1ccc(-c2ccccc2)cc1C. The van der Waals surface area contributed by atoms with Gasteiger partial charge >= 0.3 is 0 Å². The minimum absolute atomic E-state index is 0.783. The number of ether oxygens (including phenoxy) is 1. The van der Waals surface area contributed by atoms with Crippen LogP contribution in [0, 0.1) is 6.92 Å². The van der Waals surface area contributed by atoms with Crippen molar-refractivity contribution in [3.63, 3.8) is 0 Å².